The smallest absolute Gasteiger partial charge is 0.243 e. The van der Waals surface area contributed by atoms with Gasteiger partial charge >= 0.3 is 0 Å². The Bertz CT molecular complexity index is 1210. The zero-order chi connectivity index (χ0) is 24.2. The molecule has 1 amide bonds. The molecule has 0 spiro atoms. The van der Waals surface area contributed by atoms with Crippen LogP contribution in [0.5, 0.6) is 0 Å². The number of hydrogen-bond acceptors (Lipinski definition) is 3. The molecular formula is C23H20Cl4N2O3S. The molecule has 0 radical (unpaired) electrons. The standard InChI is InChI=1S/C23H20Cl4N2O3S/c1-15(16-5-7-17(24)8-6-16)28-23(30)14-29(13-20-21(26)3-2-4-22(20)27)33(31,32)19-11-9-18(25)10-12-19/h2-12,15H,13-14H2,1H3,(H,28,30)/t15-/m1/s1. The Morgan fingerprint density at radius 1 is 0.879 bits per heavy atom. The summed E-state index contributed by atoms with van der Waals surface area (Å²) >= 11 is 24.4. The van der Waals surface area contributed by atoms with Crippen LogP contribution < -0.4 is 5.32 Å². The minimum Gasteiger partial charge on any atom is -0.348 e. The quantitative estimate of drug-likeness (QED) is 0.357. The van der Waals surface area contributed by atoms with Gasteiger partial charge in [-0.05, 0) is 61.0 Å². The van der Waals surface area contributed by atoms with Gasteiger partial charge in [0.25, 0.3) is 0 Å². The highest BCUT2D eigenvalue weighted by Gasteiger charge is 2.28. The van der Waals surface area contributed by atoms with Crippen molar-refractivity contribution in [3.63, 3.8) is 0 Å². The summed E-state index contributed by atoms with van der Waals surface area (Å²) in [5.74, 6) is -0.488. The Balaban J connectivity index is 1.88. The number of benzene rings is 3. The summed E-state index contributed by atoms with van der Waals surface area (Å²) in [6.07, 6.45) is 0. The number of nitrogens with one attached hydrogen (secondary N) is 1. The van der Waals surface area contributed by atoms with Gasteiger partial charge in [0.15, 0.2) is 0 Å². The van der Waals surface area contributed by atoms with Crippen LogP contribution in [0.15, 0.2) is 71.6 Å². The van der Waals surface area contributed by atoms with Crippen molar-refractivity contribution in [2.24, 2.45) is 0 Å². The average molecular weight is 546 g/mol. The van der Waals surface area contributed by atoms with Gasteiger partial charge in [0, 0.05) is 32.2 Å². The first-order chi connectivity index (χ1) is 15.6. The lowest BCUT2D eigenvalue weighted by molar-refractivity contribution is -0.122. The Morgan fingerprint density at radius 3 is 1.94 bits per heavy atom. The number of rotatable bonds is 8. The third kappa shape index (κ3) is 6.63. The molecular weight excluding hydrogens is 526 g/mol. The van der Waals surface area contributed by atoms with Gasteiger partial charge in [-0.3, -0.25) is 4.79 Å². The summed E-state index contributed by atoms with van der Waals surface area (Å²) in [6.45, 7) is 1.17. The van der Waals surface area contributed by atoms with Crippen molar-refractivity contribution in [2.75, 3.05) is 6.54 Å². The van der Waals surface area contributed by atoms with E-state index in [0.29, 0.717) is 25.7 Å². The lowest BCUT2D eigenvalue weighted by atomic mass is 10.1. The van der Waals surface area contributed by atoms with Crippen LogP contribution in [0.2, 0.25) is 20.1 Å². The molecule has 1 N–H and O–H groups in total. The third-order valence-corrected chi connectivity index (χ3v) is 7.93. The molecule has 0 fully saturated rings. The van der Waals surface area contributed by atoms with Crippen molar-refractivity contribution >= 4 is 62.3 Å². The van der Waals surface area contributed by atoms with Crippen molar-refractivity contribution < 1.29 is 13.2 Å². The highest BCUT2D eigenvalue weighted by atomic mass is 35.5. The molecule has 0 aliphatic carbocycles. The number of sulfonamides is 1. The monoisotopic (exact) mass is 544 g/mol. The second kappa shape index (κ2) is 11.1. The van der Waals surface area contributed by atoms with Crippen LogP contribution in [0.4, 0.5) is 0 Å². The molecule has 3 aromatic carbocycles. The van der Waals surface area contributed by atoms with Crippen LogP contribution >= 0.6 is 46.4 Å². The van der Waals surface area contributed by atoms with E-state index in [1.165, 1.54) is 24.3 Å². The molecule has 0 saturated heterocycles. The number of hydrogen-bond donors (Lipinski definition) is 1. The van der Waals surface area contributed by atoms with E-state index < -0.39 is 22.5 Å². The second-order valence-electron chi connectivity index (χ2n) is 7.27. The van der Waals surface area contributed by atoms with E-state index in [1.807, 2.05) is 0 Å². The summed E-state index contributed by atoms with van der Waals surface area (Å²) in [4.78, 5) is 12.9. The fraction of sp³-hybridized carbons (Fsp3) is 0.174. The Labute approximate surface area is 213 Å². The van der Waals surface area contributed by atoms with Crippen LogP contribution in [-0.4, -0.2) is 25.2 Å². The van der Waals surface area contributed by atoms with Gasteiger partial charge < -0.3 is 5.32 Å². The van der Waals surface area contributed by atoms with E-state index in [0.717, 1.165) is 9.87 Å². The van der Waals surface area contributed by atoms with E-state index in [2.05, 4.69) is 5.32 Å². The molecule has 0 unspecified atom stereocenters. The summed E-state index contributed by atoms with van der Waals surface area (Å²) in [6, 6.07) is 17.2. The Hall–Kier alpha value is -1.80. The average Bonchev–Trinajstić information content (AvgIpc) is 2.76. The minimum absolute atomic E-state index is 0.00590. The number of amides is 1. The topological polar surface area (TPSA) is 66.5 Å². The number of carbonyl (C=O) groups is 1. The molecule has 3 rings (SSSR count). The van der Waals surface area contributed by atoms with Gasteiger partial charge in [0.1, 0.15) is 0 Å². The van der Waals surface area contributed by atoms with Crippen molar-refractivity contribution in [1.82, 2.24) is 9.62 Å². The maximum atomic E-state index is 13.4. The largest absolute Gasteiger partial charge is 0.348 e. The number of halogens is 4. The summed E-state index contributed by atoms with van der Waals surface area (Å²) < 4.78 is 27.8. The fourth-order valence-corrected chi connectivity index (χ4v) is 5.26. The molecule has 3 aromatic rings. The lowest BCUT2D eigenvalue weighted by Gasteiger charge is -2.24. The highest BCUT2D eigenvalue weighted by Crippen LogP contribution is 2.28. The Kier molecular flexibility index (Phi) is 8.67. The van der Waals surface area contributed by atoms with E-state index in [9.17, 15) is 13.2 Å². The number of nitrogens with zero attached hydrogens (tertiary/aromatic N) is 1. The van der Waals surface area contributed by atoms with Gasteiger partial charge in [-0.2, -0.15) is 4.31 Å². The molecule has 0 aliphatic heterocycles. The van der Waals surface area contributed by atoms with Gasteiger partial charge in [-0.25, -0.2) is 8.42 Å². The maximum Gasteiger partial charge on any atom is 0.243 e. The molecule has 0 bridgehead atoms. The third-order valence-electron chi connectivity index (χ3n) is 4.92. The van der Waals surface area contributed by atoms with Gasteiger partial charge in [0.2, 0.25) is 15.9 Å². The molecule has 10 heteroatoms. The van der Waals surface area contributed by atoms with E-state index in [1.54, 1.807) is 49.4 Å². The molecule has 174 valence electrons. The summed E-state index contributed by atoms with van der Waals surface area (Å²) in [7, 11) is -4.07. The Morgan fingerprint density at radius 2 is 1.39 bits per heavy atom. The molecule has 1 atom stereocenters. The molecule has 33 heavy (non-hydrogen) atoms. The summed E-state index contributed by atoms with van der Waals surface area (Å²) in [5, 5.41) is 4.39. The summed E-state index contributed by atoms with van der Waals surface area (Å²) in [5.41, 5.74) is 1.23. The lowest BCUT2D eigenvalue weighted by Crippen LogP contribution is -2.41. The fourth-order valence-electron chi connectivity index (χ4n) is 3.12. The minimum atomic E-state index is -4.07. The zero-order valence-corrected chi connectivity index (χ0v) is 21.3. The molecule has 5 nitrogen and oxygen atoms in total. The van der Waals surface area contributed by atoms with Gasteiger partial charge in [-0.15, -0.1) is 0 Å². The van der Waals surface area contributed by atoms with E-state index in [4.69, 9.17) is 46.4 Å². The van der Waals surface area contributed by atoms with Crippen LogP contribution in [-0.2, 0) is 21.4 Å². The van der Waals surface area contributed by atoms with Crippen molar-refractivity contribution in [1.29, 1.82) is 0 Å². The van der Waals surface area contributed by atoms with E-state index in [-0.39, 0.29) is 17.5 Å². The second-order valence-corrected chi connectivity index (χ2v) is 10.9. The molecule has 0 saturated carbocycles. The van der Waals surface area contributed by atoms with Crippen LogP contribution in [0.25, 0.3) is 0 Å². The molecule has 0 heterocycles. The van der Waals surface area contributed by atoms with Crippen molar-refractivity contribution in [3.8, 4) is 0 Å². The SMILES string of the molecule is C[C@@H](NC(=O)CN(Cc1c(Cl)cccc1Cl)S(=O)(=O)c1ccc(Cl)cc1)c1ccc(Cl)cc1. The highest BCUT2D eigenvalue weighted by molar-refractivity contribution is 7.89. The van der Waals surface area contributed by atoms with Crippen molar-refractivity contribution in [3.05, 3.63) is 97.9 Å². The zero-order valence-electron chi connectivity index (χ0n) is 17.4. The number of carbonyl (C=O) groups excluding carboxylic acids is 1. The predicted octanol–water partition coefficient (Wildman–Crippen LogP) is 6.37. The van der Waals surface area contributed by atoms with Gasteiger partial charge in [-0.1, -0.05) is 64.6 Å². The predicted molar refractivity (Wildman–Crippen MR) is 134 cm³/mol. The molecule has 0 aromatic heterocycles. The first-order valence-corrected chi connectivity index (χ1v) is 12.8. The van der Waals surface area contributed by atoms with Crippen LogP contribution in [0.1, 0.15) is 24.1 Å². The maximum absolute atomic E-state index is 13.4. The van der Waals surface area contributed by atoms with E-state index >= 15 is 0 Å². The molecule has 0 aliphatic rings. The first-order valence-electron chi connectivity index (χ1n) is 9.81. The van der Waals surface area contributed by atoms with Crippen LogP contribution in [0, 0.1) is 0 Å². The van der Waals surface area contributed by atoms with Crippen molar-refractivity contribution in [2.45, 2.75) is 24.4 Å². The van der Waals surface area contributed by atoms with Crippen LogP contribution in [0.3, 0.4) is 0 Å². The van der Waals surface area contributed by atoms with Gasteiger partial charge in [0.05, 0.1) is 17.5 Å². The normalized spacial score (nSPS) is 12.5. The first kappa shape index (κ1) is 25.8.